The number of hydrogen-bond acceptors (Lipinski definition) is 3. The number of fused-ring (bicyclic) bond motifs is 1. The first-order valence-electron chi connectivity index (χ1n) is 10.6. The van der Waals surface area contributed by atoms with Crippen LogP contribution in [-0.4, -0.2) is 42.5 Å². The summed E-state index contributed by atoms with van der Waals surface area (Å²) < 4.78 is 24.6. The summed E-state index contributed by atoms with van der Waals surface area (Å²) in [6.07, 6.45) is 10.5. The van der Waals surface area contributed by atoms with Gasteiger partial charge in [0.2, 0.25) is 0 Å². The van der Waals surface area contributed by atoms with Gasteiger partial charge in [0.15, 0.2) is 0 Å². The summed E-state index contributed by atoms with van der Waals surface area (Å²) in [6, 6.07) is 0. The zero-order valence-electron chi connectivity index (χ0n) is 17.4. The molecule has 2 rings (SSSR count). The van der Waals surface area contributed by atoms with E-state index in [-0.39, 0.29) is 18.3 Å². The molecule has 0 amide bonds. The second kappa shape index (κ2) is 9.45. The molecule has 3 atom stereocenters. The van der Waals surface area contributed by atoms with Crippen molar-refractivity contribution >= 4 is 18.4 Å². The molecule has 1 fully saturated rings. The van der Waals surface area contributed by atoms with E-state index in [9.17, 15) is 0 Å². The first-order valence-corrected chi connectivity index (χ1v) is 18.1. The Morgan fingerprint density at radius 2 is 1.44 bits per heavy atom. The van der Waals surface area contributed by atoms with E-state index < -0.39 is 24.2 Å². The third-order valence-corrected chi connectivity index (χ3v) is 20.8. The summed E-state index contributed by atoms with van der Waals surface area (Å²) in [5, 5.41) is 0. The average Bonchev–Trinajstić information content (AvgIpc) is 2.89. The van der Waals surface area contributed by atoms with Crippen LogP contribution in [0.25, 0.3) is 0 Å². The fourth-order valence-electron chi connectivity index (χ4n) is 4.36. The van der Waals surface area contributed by atoms with Gasteiger partial charge in [0.1, 0.15) is 0 Å². The van der Waals surface area contributed by atoms with E-state index in [0.29, 0.717) is 0 Å². The van der Waals surface area contributed by atoms with Gasteiger partial charge < -0.3 is 0 Å². The van der Waals surface area contributed by atoms with Crippen molar-refractivity contribution in [2.45, 2.75) is 117 Å². The standard InChI is InChI=1S/C9H13O3.3C4H9.Sn/c1-6-8-7(4-5-10-6)11-9(2,3)12-8;3*1-3-4-2;/h4,6-8H,1-3H3;3*1,3-4H2,2H3;/t6-,7+,8-;;;;/m1..../s1. The second-order valence-corrected chi connectivity index (χ2v) is 21.5. The molecule has 0 saturated carbocycles. The summed E-state index contributed by atoms with van der Waals surface area (Å²) in [6.45, 7) is 13.2. The Morgan fingerprint density at radius 3 is 1.92 bits per heavy atom. The Bertz CT molecular complexity index is 425. The van der Waals surface area contributed by atoms with E-state index in [0.717, 1.165) is 0 Å². The molecular weight excluding hydrogens is 419 g/mol. The van der Waals surface area contributed by atoms with Crippen molar-refractivity contribution < 1.29 is 14.2 Å². The molecule has 0 aromatic rings. The zero-order chi connectivity index (χ0) is 18.5. The molecule has 0 bridgehead atoms. The van der Waals surface area contributed by atoms with Crippen molar-refractivity contribution in [3.05, 3.63) is 9.85 Å². The molecule has 1 saturated heterocycles. The molecule has 2 aliphatic heterocycles. The summed E-state index contributed by atoms with van der Waals surface area (Å²) in [7, 11) is 0. The number of unbranched alkanes of at least 4 members (excludes halogenated alkanes) is 3. The van der Waals surface area contributed by atoms with Crippen LogP contribution in [0.15, 0.2) is 9.85 Å². The maximum absolute atomic E-state index is 6.60. The molecule has 0 aromatic heterocycles. The Morgan fingerprint density at radius 1 is 0.920 bits per heavy atom. The van der Waals surface area contributed by atoms with E-state index >= 15 is 0 Å². The van der Waals surface area contributed by atoms with Crippen LogP contribution in [0, 0.1) is 0 Å². The van der Waals surface area contributed by atoms with Gasteiger partial charge in [-0.2, -0.15) is 0 Å². The van der Waals surface area contributed by atoms with Crippen LogP contribution >= 0.6 is 0 Å². The summed E-state index contributed by atoms with van der Waals surface area (Å²) >= 11 is -2.51. The van der Waals surface area contributed by atoms with Gasteiger partial charge >= 0.3 is 160 Å². The molecule has 0 unspecified atom stereocenters. The van der Waals surface area contributed by atoms with Gasteiger partial charge in [0.25, 0.3) is 0 Å². The summed E-state index contributed by atoms with van der Waals surface area (Å²) in [5.41, 5.74) is 0. The van der Waals surface area contributed by atoms with E-state index in [1.807, 2.05) is 13.8 Å². The molecule has 0 radical (unpaired) electrons. The van der Waals surface area contributed by atoms with E-state index in [1.165, 1.54) is 55.6 Å². The molecule has 0 aromatic carbocycles. The van der Waals surface area contributed by atoms with Crippen LogP contribution in [0.2, 0.25) is 13.3 Å². The number of rotatable bonds is 10. The van der Waals surface area contributed by atoms with Crippen LogP contribution in [0.3, 0.4) is 0 Å². The molecule has 2 heterocycles. The predicted molar refractivity (Wildman–Crippen MR) is 107 cm³/mol. The van der Waals surface area contributed by atoms with E-state index in [4.69, 9.17) is 14.2 Å². The van der Waals surface area contributed by atoms with Gasteiger partial charge in [-0.1, -0.05) is 0 Å². The van der Waals surface area contributed by atoms with Gasteiger partial charge in [-0.15, -0.1) is 0 Å². The summed E-state index contributed by atoms with van der Waals surface area (Å²) in [4.78, 5) is 0. The van der Waals surface area contributed by atoms with Gasteiger partial charge in [0.05, 0.1) is 0 Å². The topological polar surface area (TPSA) is 27.7 Å². The molecule has 4 heteroatoms. The van der Waals surface area contributed by atoms with Crippen molar-refractivity contribution in [1.82, 2.24) is 0 Å². The van der Waals surface area contributed by atoms with Crippen LogP contribution in [0.5, 0.6) is 0 Å². The Balaban J connectivity index is 2.30. The fraction of sp³-hybridized carbons (Fsp3) is 0.905. The van der Waals surface area contributed by atoms with Crippen molar-refractivity contribution in [2.24, 2.45) is 0 Å². The summed E-state index contributed by atoms with van der Waals surface area (Å²) in [5.74, 6) is -0.493. The number of ether oxygens (including phenoxy) is 3. The van der Waals surface area contributed by atoms with Crippen molar-refractivity contribution in [1.29, 1.82) is 0 Å². The van der Waals surface area contributed by atoms with Gasteiger partial charge in [-0.3, -0.25) is 0 Å². The third-order valence-electron chi connectivity index (χ3n) is 5.80. The van der Waals surface area contributed by atoms with Crippen molar-refractivity contribution in [2.75, 3.05) is 0 Å². The first-order chi connectivity index (χ1) is 11.9. The molecule has 0 N–H and O–H groups in total. The quantitative estimate of drug-likeness (QED) is 0.365. The van der Waals surface area contributed by atoms with Crippen molar-refractivity contribution in [3.63, 3.8) is 0 Å². The van der Waals surface area contributed by atoms with Crippen LogP contribution in [0.1, 0.15) is 80.1 Å². The third kappa shape index (κ3) is 5.38. The normalized spacial score (nSPS) is 28.4. The minimum absolute atomic E-state index is 0.0475. The average molecular weight is 459 g/mol. The van der Waals surface area contributed by atoms with Gasteiger partial charge in [0, 0.05) is 0 Å². The number of hydrogen-bond donors (Lipinski definition) is 0. The fourth-order valence-corrected chi connectivity index (χ4v) is 20.2. The molecule has 2 aliphatic rings. The van der Waals surface area contributed by atoms with Gasteiger partial charge in [-0.25, -0.2) is 0 Å². The van der Waals surface area contributed by atoms with Crippen LogP contribution in [-0.2, 0) is 14.2 Å². The Kier molecular flexibility index (Phi) is 8.15. The molecule has 0 aliphatic carbocycles. The Labute approximate surface area is 159 Å². The minimum atomic E-state index is -2.51. The van der Waals surface area contributed by atoms with Crippen LogP contribution in [0.4, 0.5) is 0 Å². The molecular formula is C21H40O3Sn. The monoisotopic (exact) mass is 460 g/mol. The van der Waals surface area contributed by atoms with E-state index in [2.05, 4.69) is 33.8 Å². The molecule has 25 heavy (non-hydrogen) atoms. The van der Waals surface area contributed by atoms with Crippen molar-refractivity contribution in [3.8, 4) is 0 Å². The predicted octanol–water partition coefficient (Wildman–Crippen LogP) is 6.20. The zero-order valence-corrected chi connectivity index (χ0v) is 20.3. The SMILES string of the molecule is CCC[CH2][Sn]([CH2]CCC)([CH2]CCC)[C]1=C[C@@H]2OC(C)(C)O[C@@H]2[C@@H](C)O1. The second-order valence-electron chi connectivity index (χ2n) is 8.51. The van der Waals surface area contributed by atoms with Gasteiger partial charge in [-0.05, 0) is 0 Å². The Hall–Kier alpha value is 0.259. The first kappa shape index (κ1) is 21.6. The van der Waals surface area contributed by atoms with E-state index in [1.54, 1.807) is 0 Å². The molecule has 3 nitrogen and oxygen atoms in total. The maximum atomic E-state index is 6.60. The molecule has 0 spiro atoms. The molecule has 146 valence electrons. The van der Waals surface area contributed by atoms with Crippen LogP contribution < -0.4 is 0 Å².